The topological polar surface area (TPSA) is 56.6 Å². The molecule has 0 amide bonds. The lowest BCUT2D eigenvalue weighted by Gasteiger charge is -2.24. The van der Waals surface area contributed by atoms with Crippen LogP contribution < -0.4 is 9.47 Å². The summed E-state index contributed by atoms with van der Waals surface area (Å²) in [5, 5.41) is 3.52. The van der Waals surface area contributed by atoms with Crippen molar-refractivity contribution in [2.75, 3.05) is 27.7 Å². The van der Waals surface area contributed by atoms with Gasteiger partial charge in [0.15, 0.2) is 5.69 Å². The number of alkyl halides is 6. The van der Waals surface area contributed by atoms with Crippen molar-refractivity contribution in [3.8, 4) is 33.9 Å². The molecule has 0 saturated heterocycles. The van der Waals surface area contributed by atoms with Gasteiger partial charge in [-0.3, -0.25) is 9.48 Å². The molecule has 260 valence electrons. The zero-order valence-corrected chi connectivity index (χ0v) is 28.8. The van der Waals surface area contributed by atoms with Crippen LogP contribution in [0.1, 0.15) is 37.6 Å². The second-order valence-electron chi connectivity index (χ2n) is 11.8. The summed E-state index contributed by atoms with van der Waals surface area (Å²) in [6.45, 7) is 6.42. The van der Waals surface area contributed by atoms with Gasteiger partial charge in [0.2, 0.25) is 0 Å². The number of benzene rings is 3. The maximum Gasteiger partial charge on any atom is 0.435 e. The van der Waals surface area contributed by atoms with Crippen LogP contribution in [0.3, 0.4) is 0 Å². The van der Waals surface area contributed by atoms with Gasteiger partial charge in [0, 0.05) is 29.6 Å². The molecule has 0 radical (unpaired) electrons. The number of hydrogen-bond acceptors (Lipinski definition) is 5. The first-order valence-electron chi connectivity index (χ1n) is 14.4. The maximum atomic E-state index is 13.7. The number of aromatic nitrogens is 2. The highest BCUT2D eigenvalue weighted by Crippen LogP contribution is 2.47. The molecule has 14 heteroatoms. The molecule has 0 saturated carbocycles. The van der Waals surface area contributed by atoms with Crippen LogP contribution in [0.15, 0.2) is 60.7 Å². The minimum Gasteiger partial charge on any atom is -0.495 e. The summed E-state index contributed by atoms with van der Waals surface area (Å²) in [5.41, 5.74) is -1.37. The Labute approximate surface area is 285 Å². The number of nitrogens with zero attached hydrogens (tertiary/aromatic N) is 3. The molecule has 0 N–H and O–H groups in total. The van der Waals surface area contributed by atoms with Crippen molar-refractivity contribution in [1.29, 1.82) is 0 Å². The molecule has 0 fully saturated rings. The van der Waals surface area contributed by atoms with Crippen LogP contribution in [-0.2, 0) is 30.8 Å². The highest BCUT2D eigenvalue weighted by molar-refractivity contribution is 6.31. The number of carbonyl (C=O) groups excluding carboxylic acids is 1. The summed E-state index contributed by atoms with van der Waals surface area (Å²) < 4.78 is 93.5. The summed E-state index contributed by atoms with van der Waals surface area (Å²) in [6.07, 6.45) is -9.46. The van der Waals surface area contributed by atoms with E-state index in [9.17, 15) is 31.1 Å². The van der Waals surface area contributed by atoms with Crippen LogP contribution in [0.4, 0.5) is 26.3 Å². The molecule has 0 spiro atoms. The number of rotatable bonds is 9. The summed E-state index contributed by atoms with van der Waals surface area (Å²) in [6, 6.07) is 13.7. The van der Waals surface area contributed by atoms with E-state index in [1.165, 1.54) is 32.4 Å². The standard InChI is InChI=1S/C26H18Cl2F6N2O2.C8H17NO/c1-36-20(12-22(35-36)26(32,33)34)17-8-10-21(38-13-14-3-6-16(27)7-4-14)23(24(17)37-2)15-5-9-19(28)18(11-15)25(29,30)31;1-7(10)8(2,3)6-9(4)5/h3-12H,13H2,1-2H3;6H2,1-5H3. The van der Waals surface area contributed by atoms with Crippen LogP contribution >= 0.6 is 23.2 Å². The molecule has 0 unspecified atom stereocenters. The Kier molecular flexibility index (Phi) is 12.3. The quantitative estimate of drug-likeness (QED) is 0.161. The fourth-order valence-electron chi connectivity index (χ4n) is 4.77. The highest BCUT2D eigenvalue weighted by atomic mass is 35.5. The Balaban J connectivity index is 0.000000542. The van der Waals surface area contributed by atoms with Gasteiger partial charge in [0.1, 0.15) is 23.9 Å². The van der Waals surface area contributed by atoms with Gasteiger partial charge in [-0.05, 0) is 74.6 Å². The van der Waals surface area contributed by atoms with Crippen LogP contribution in [-0.4, -0.2) is 48.2 Å². The lowest BCUT2D eigenvalue weighted by molar-refractivity contribution is -0.141. The average Bonchev–Trinajstić information content (AvgIpc) is 3.37. The summed E-state index contributed by atoms with van der Waals surface area (Å²) in [5.74, 6) is 0.376. The molecule has 4 rings (SSSR count). The van der Waals surface area contributed by atoms with Crippen LogP contribution in [0, 0.1) is 5.41 Å². The van der Waals surface area contributed by atoms with Crippen molar-refractivity contribution in [3.05, 3.63) is 87.5 Å². The van der Waals surface area contributed by atoms with Gasteiger partial charge >= 0.3 is 12.4 Å². The molecule has 0 aliphatic rings. The Morgan fingerprint density at radius 1 is 0.917 bits per heavy atom. The first-order valence-corrected chi connectivity index (χ1v) is 15.1. The van der Waals surface area contributed by atoms with Gasteiger partial charge < -0.3 is 14.4 Å². The maximum absolute atomic E-state index is 13.7. The first kappa shape index (κ1) is 38.7. The van der Waals surface area contributed by atoms with Crippen molar-refractivity contribution in [1.82, 2.24) is 14.7 Å². The normalized spacial score (nSPS) is 12.1. The van der Waals surface area contributed by atoms with Gasteiger partial charge in [-0.1, -0.05) is 55.2 Å². The van der Waals surface area contributed by atoms with Gasteiger partial charge in [-0.15, -0.1) is 0 Å². The third kappa shape index (κ3) is 9.67. The number of aryl methyl sites for hydroxylation is 1. The monoisotopic (exact) mass is 717 g/mol. The van der Waals surface area contributed by atoms with E-state index in [0.29, 0.717) is 5.02 Å². The third-order valence-corrected chi connectivity index (χ3v) is 7.88. The van der Waals surface area contributed by atoms with Crippen molar-refractivity contribution in [2.45, 2.75) is 39.7 Å². The summed E-state index contributed by atoms with van der Waals surface area (Å²) in [4.78, 5) is 13.0. The van der Waals surface area contributed by atoms with Crippen molar-refractivity contribution < 1.29 is 40.6 Å². The molecule has 1 aromatic heterocycles. The minimum absolute atomic E-state index is 0.00854. The minimum atomic E-state index is -4.76. The molecular weight excluding hydrogens is 683 g/mol. The van der Waals surface area contributed by atoms with Gasteiger partial charge in [0.25, 0.3) is 0 Å². The second-order valence-corrected chi connectivity index (χ2v) is 12.7. The first-order chi connectivity index (χ1) is 22.1. The number of Topliss-reactive ketones (excluding diaryl/α,β-unsaturated/α-hetero) is 1. The predicted molar refractivity (Wildman–Crippen MR) is 174 cm³/mol. The van der Waals surface area contributed by atoms with E-state index >= 15 is 0 Å². The van der Waals surface area contributed by atoms with E-state index in [-0.39, 0.29) is 51.7 Å². The fraction of sp³-hybridized carbons (Fsp3) is 0.353. The van der Waals surface area contributed by atoms with Gasteiger partial charge in [-0.2, -0.15) is 31.4 Å². The molecule has 0 bridgehead atoms. The molecule has 3 aromatic carbocycles. The lowest BCUT2D eigenvalue weighted by atomic mass is 9.89. The van der Waals surface area contributed by atoms with E-state index < -0.39 is 28.6 Å². The SMILES string of the molecule is CC(=O)C(C)(C)CN(C)C.COc1c(-c2cc(C(F)(F)F)nn2C)ccc(OCc2ccc(Cl)cc2)c1-c1ccc(Cl)c(C(F)(F)F)c1. The molecule has 0 aliphatic carbocycles. The predicted octanol–water partition coefficient (Wildman–Crippen LogP) is 9.85. The largest absolute Gasteiger partial charge is 0.495 e. The van der Waals surface area contributed by atoms with E-state index in [4.69, 9.17) is 32.7 Å². The molecule has 4 aromatic rings. The number of methoxy groups -OCH3 is 1. The van der Waals surface area contributed by atoms with Crippen molar-refractivity contribution >= 4 is 29.0 Å². The smallest absolute Gasteiger partial charge is 0.435 e. The van der Waals surface area contributed by atoms with E-state index in [0.717, 1.165) is 35.0 Å². The number of carbonyl (C=O) groups is 1. The second kappa shape index (κ2) is 15.2. The third-order valence-electron chi connectivity index (χ3n) is 7.30. The van der Waals surface area contributed by atoms with E-state index in [1.54, 1.807) is 31.2 Å². The zero-order valence-electron chi connectivity index (χ0n) is 27.3. The van der Waals surface area contributed by atoms with Crippen molar-refractivity contribution in [3.63, 3.8) is 0 Å². The highest BCUT2D eigenvalue weighted by Gasteiger charge is 2.36. The van der Waals surface area contributed by atoms with Crippen LogP contribution in [0.2, 0.25) is 10.0 Å². The Hall–Kier alpha value is -3.74. The number of ketones is 1. The molecular formula is C34H35Cl2F6N3O3. The van der Waals surface area contributed by atoms with Crippen LogP contribution in [0.25, 0.3) is 22.4 Å². The Morgan fingerprint density at radius 2 is 1.54 bits per heavy atom. The number of hydrogen-bond donors (Lipinski definition) is 0. The lowest BCUT2D eigenvalue weighted by Crippen LogP contribution is -2.33. The number of ether oxygens (including phenoxy) is 2. The molecule has 0 aliphatic heterocycles. The Morgan fingerprint density at radius 3 is 2.02 bits per heavy atom. The molecule has 0 atom stereocenters. The number of halogens is 8. The molecule has 48 heavy (non-hydrogen) atoms. The van der Waals surface area contributed by atoms with Crippen molar-refractivity contribution in [2.24, 2.45) is 12.5 Å². The summed E-state index contributed by atoms with van der Waals surface area (Å²) >= 11 is 11.7. The average molecular weight is 719 g/mol. The summed E-state index contributed by atoms with van der Waals surface area (Å²) in [7, 11) is 6.53. The molecule has 1 heterocycles. The van der Waals surface area contributed by atoms with Gasteiger partial charge in [-0.25, -0.2) is 0 Å². The zero-order chi connectivity index (χ0) is 36.2. The molecule has 6 nitrogen and oxygen atoms in total. The van der Waals surface area contributed by atoms with E-state index in [1.807, 2.05) is 32.8 Å². The fourth-order valence-corrected chi connectivity index (χ4v) is 5.12. The van der Waals surface area contributed by atoms with Crippen LogP contribution in [0.5, 0.6) is 11.5 Å². The van der Waals surface area contributed by atoms with E-state index in [2.05, 4.69) is 5.10 Å². The Bertz CT molecular complexity index is 1730. The van der Waals surface area contributed by atoms with Gasteiger partial charge in [0.05, 0.1) is 29.0 Å².